The topological polar surface area (TPSA) is 42.2 Å². The van der Waals surface area contributed by atoms with Crippen LogP contribution in [0.25, 0.3) is 0 Å². The summed E-state index contributed by atoms with van der Waals surface area (Å²) in [7, 11) is 0. The van der Waals surface area contributed by atoms with Gasteiger partial charge in [0.15, 0.2) is 0 Å². The fourth-order valence-electron chi connectivity index (χ4n) is 2.04. The number of nitrogens with zero attached hydrogens (tertiary/aromatic N) is 1. The van der Waals surface area contributed by atoms with E-state index < -0.39 is 0 Å². The van der Waals surface area contributed by atoms with E-state index in [1.807, 2.05) is 12.3 Å². The SMILES string of the molecule is CC(C)(C)c1ccn(C2CC(O)C2)c(=O)c1. The molecule has 0 radical (unpaired) electrons. The fraction of sp³-hybridized carbons (Fsp3) is 0.615. The van der Waals surface area contributed by atoms with E-state index in [4.69, 9.17) is 0 Å². The third kappa shape index (κ3) is 2.05. The monoisotopic (exact) mass is 221 g/mol. The van der Waals surface area contributed by atoms with E-state index in [-0.39, 0.29) is 23.1 Å². The highest BCUT2D eigenvalue weighted by Gasteiger charge is 2.29. The zero-order valence-electron chi connectivity index (χ0n) is 10.1. The van der Waals surface area contributed by atoms with Gasteiger partial charge in [-0.2, -0.15) is 0 Å². The molecule has 1 saturated carbocycles. The summed E-state index contributed by atoms with van der Waals surface area (Å²) in [5.74, 6) is 0. The number of aromatic nitrogens is 1. The summed E-state index contributed by atoms with van der Waals surface area (Å²) in [5.41, 5.74) is 1.12. The maximum Gasteiger partial charge on any atom is 0.251 e. The first-order valence-electron chi connectivity index (χ1n) is 5.78. The molecule has 1 aliphatic rings. The van der Waals surface area contributed by atoms with Crippen molar-refractivity contribution < 1.29 is 5.11 Å². The highest BCUT2D eigenvalue weighted by Crippen LogP contribution is 2.31. The molecule has 2 rings (SSSR count). The molecule has 1 N–H and O–H groups in total. The van der Waals surface area contributed by atoms with E-state index in [0.29, 0.717) is 12.8 Å². The quantitative estimate of drug-likeness (QED) is 0.786. The first-order valence-corrected chi connectivity index (χ1v) is 5.78. The van der Waals surface area contributed by atoms with Crippen molar-refractivity contribution in [3.63, 3.8) is 0 Å². The lowest BCUT2D eigenvalue weighted by Crippen LogP contribution is -2.36. The standard InChI is InChI=1S/C13H19NO2/c1-13(2,3)9-4-5-14(12(16)6-9)10-7-11(15)8-10/h4-6,10-11,15H,7-8H2,1-3H3. The largest absolute Gasteiger partial charge is 0.393 e. The van der Waals surface area contributed by atoms with Crippen molar-refractivity contribution >= 4 is 0 Å². The van der Waals surface area contributed by atoms with E-state index in [2.05, 4.69) is 20.8 Å². The predicted molar refractivity (Wildman–Crippen MR) is 63.7 cm³/mol. The Morgan fingerprint density at radius 1 is 1.38 bits per heavy atom. The van der Waals surface area contributed by atoms with Gasteiger partial charge in [-0.05, 0) is 29.9 Å². The minimum atomic E-state index is -0.223. The van der Waals surface area contributed by atoms with Gasteiger partial charge in [0.25, 0.3) is 5.56 Å². The average Bonchev–Trinajstić information content (AvgIpc) is 2.12. The second-order valence-electron chi connectivity index (χ2n) is 5.69. The molecule has 0 amide bonds. The van der Waals surface area contributed by atoms with Crippen LogP contribution in [0.1, 0.15) is 45.2 Å². The van der Waals surface area contributed by atoms with Gasteiger partial charge in [0.2, 0.25) is 0 Å². The third-order valence-electron chi connectivity index (χ3n) is 3.30. The molecule has 0 saturated heterocycles. The first kappa shape index (κ1) is 11.4. The van der Waals surface area contributed by atoms with Crippen molar-refractivity contribution in [1.82, 2.24) is 4.57 Å². The summed E-state index contributed by atoms with van der Waals surface area (Å²) in [6.45, 7) is 6.29. The van der Waals surface area contributed by atoms with Crippen LogP contribution in [-0.2, 0) is 5.41 Å². The van der Waals surface area contributed by atoms with Gasteiger partial charge in [0, 0.05) is 18.3 Å². The van der Waals surface area contributed by atoms with Crippen molar-refractivity contribution in [1.29, 1.82) is 0 Å². The van der Waals surface area contributed by atoms with Crippen molar-refractivity contribution in [2.24, 2.45) is 0 Å². The van der Waals surface area contributed by atoms with Crippen molar-refractivity contribution in [2.45, 2.75) is 51.2 Å². The molecule has 88 valence electrons. The molecule has 1 fully saturated rings. The van der Waals surface area contributed by atoms with Gasteiger partial charge in [-0.25, -0.2) is 0 Å². The van der Waals surface area contributed by atoms with Gasteiger partial charge in [-0.1, -0.05) is 20.8 Å². The Hall–Kier alpha value is -1.09. The summed E-state index contributed by atoms with van der Waals surface area (Å²) in [4.78, 5) is 11.9. The second kappa shape index (κ2) is 3.74. The van der Waals surface area contributed by atoms with E-state index in [0.717, 1.165) is 5.56 Å². The van der Waals surface area contributed by atoms with Crippen LogP contribution in [0.15, 0.2) is 23.1 Å². The second-order valence-corrected chi connectivity index (χ2v) is 5.69. The molecule has 3 nitrogen and oxygen atoms in total. The molecule has 0 aromatic carbocycles. The van der Waals surface area contributed by atoms with Crippen molar-refractivity contribution in [3.05, 3.63) is 34.2 Å². The Bertz CT molecular complexity index is 436. The Morgan fingerprint density at radius 2 is 2.00 bits per heavy atom. The molecule has 0 bridgehead atoms. The smallest absolute Gasteiger partial charge is 0.251 e. The minimum Gasteiger partial charge on any atom is -0.393 e. The van der Waals surface area contributed by atoms with Gasteiger partial charge in [0.1, 0.15) is 0 Å². The Morgan fingerprint density at radius 3 is 2.44 bits per heavy atom. The molecular formula is C13H19NO2. The zero-order chi connectivity index (χ0) is 11.9. The van der Waals surface area contributed by atoms with Crippen LogP contribution < -0.4 is 5.56 Å². The van der Waals surface area contributed by atoms with Gasteiger partial charge in [-0.3, -0.25) is 4.79 Å². The van der Waals surface area contributed by atoms with Gasteiger partial charge >= 0.3 is 0 Å². The Labute approximate surface area is 95.7 Å². The van der Waals surface area contributed by atoms with E-state index in [1.54, 1.807) is 10.6 Å². The highest BCUT2D eigenvalue weighted by molar-refractivity contribution is 5.20. The van der Waals surface area contributed by atoms with Gasteiger partial charge < -0.3 is 9.67 Å². The predicted octanol–water partition coefficient (Wildman–Crippen LogP) is 1.84. The maximum absolute atomic E-state index is 11.9. The number of aliphatic hydroxyl groups is 1. The number of hydrogen-bond acceptors (Lipinski definition) is 2. The van der Waals surface area contributed by atoms with E-state index in [1.165, 1.54) is 0 Å². The summed E-state index contributed by atoms with van der Waals surface area (Å²) in [6, 6.07) is 3.91. The summed E-state index contributed by atoms with van der Waals surface area (Å²) in [6.07, 6.45) is 3.04. The van der Waals surface area contributed by atoms with Crippen LogP contribution >= 0.6 is 0 Å². The van der Waals surface area contributed by atoms with Gasteiger partial charge in [0.05, 0.1) is 6.10 Å². The zero-order valence-corrected chi connectivity index (χ0v) is 10.1. The van der Waals surface area contributed by atoms with Gasteiger partial charge in [-0.15, -0.1) is 0 Å². The number of pyridine rings is 1. The van der Waals surface area contributed by atoms with Crippen LogP contribution in [0.5, 0.6) is 0 Å². The van der Waals surface area contributed by atoms with Crippen LogP contribution in [0, 0.1) is 0 Å². The molecule has 0 spiro atoms. The maximum atomic E-state index is 11.9. The molecule has 0 unspecified atom stereocenters. The van der Waals surface area contributed by atoms with Crippen molar-refractivity contribution in [2.75, 3.05) is 0 Å². The normalized spacial score (nSPS) is 25.2. The minimum absolute atomic E-state index is 0.0113. The van der Waals surface area contributed by atoms with Crippen LogP contribution in [-0.4, -0.2) is 15.8 Å². The van der Waals surface area contributed by atoms with Crippen LogP contribution in [0.3, 0.4) is 0 Å². The van der Waals surface area contributed by atoms with Crippen LogP contribution in [0.4, 0.5) is 0 Å². The molecule has 0 aliphatic heterocycles. The Balaban J connectivity index is 2.28. The molecule has 16 heavy (non-hydrogen) atoms. The molecule has 1 heterocycles. The fourth-order valence-corrected chi connectivity index (χ4v) is 2.04. The molecule has 3 heteroatoms. The Kier molecular flexibility index (Phi) is 2.66. The molecular weight excluding hydrogens is 202 g/mol. The van der Waals surface area contributed by atoms with Crippen molar-refractivity contribution in [3.8, 4) is 0 Å². The molecule has 1 aliphatic carbocycles. The number of hydrogen-bond donors (Lipinski definition) is 1. The lowest BCUT2D eigenvalue weighted by atomic mass is 9.86. The molecule has 1 aromatic heterocycles. The van der Waals surface area contributed by atoms with E-state index >= 15 is 0 Å². The van der Waals surface area contributed by atoms with E-state index in [9.17, 15) is 9.90 Å². The lowest BCUT2D eigenvalue weighted by molar-refractivity contribution is 0.0471. The molecule has 0 atom stereocenters. The average molecular weight is 221 g/mol. The third-order valence-corrected chi connectivity index (χ3v) is 3.30. The highest BCUT2D eigenvalue weighted by atomic mass is 16.3. The summed E-state index contributed by atoms with van der Waals surface area (Å²) < 4.78 is 1.74. The molecule has 1 aromatic rings. The summed E-state index contributed by atoms with van der Waals surface area (Å²) in [5, 5.41) is 9.24. The van der Waals surface area contributed by atoms with Crippen LogP contribution in [0.2, 0.25) is 0 Å². The first-order chi connectivity index (χ1) is 7.38. The lowest BCUT2D eigenvalue weighted by Gasteiger charge is -2.33. The number of rotatable bonds is 1. The number of aliphatic hydroxyl groups excluding tert-OH is 1. The summed E-state index contributed by atoms with van der Waals surface area (Å²) >= 11 is 0.